The molecule has 3 aliphatic rings. The molecule has 0 bridgehead atoms. The molecule has 3 fully saturated rings. The molecule has 3 aromatic carbocycles. The summed E-state index contributed by atoms with van der Waals surface area (Å²) in [7, 11) is 0. The number of carbonyl (C=O) groups excluding carboxylic acids is 3. The summed E-state index contributed by atoms with van der Waals surface area (Å²) in [5, 5.41) is 2.15. The van der Waals surface area contributed by atoms with Gasteiger partial charge in [-0.05, 0) is 60.7 Å². The molecule has 0 aliphatic carbocycles. The lowest BCUT2D eigenvalue weighted by molar-refractivity contribution is -0.140. The molecule has 0 radical (unpaired) electrons. The van der Waals surface area contributed by atoms with E-state index in [1.165, 1.54) is 0 Å². The second kappa shape index (κ2) is 9.54. The fraction of sp³-hybridized carbons (Fsp3) is 0.367. The lowest BCUT2D eigenvalue weighted by Gasteiger charge is -2.43. The lowest BCUT2D eigenvalue weighted by Crippen LogP contribution is -2.57. The van der Waals surface area contributed by atoms with Crippen LogP contribution in [0.25, 0.3) is 10.8 Å². The lowest BCUT2D eigenvalue weighted by atomic mass is 9.85. The van der Waals surface area contributed by atoms with Gasteiger partial charge >= 0.3 is 0 Å². The van der Waals surface area contributed by atoms with Crippen LogP contribution in [0.15, 0.2) is 72.8 Å². The highest BCUT2D eigenvalue weighted by molar-refractivity contribution is 6.00. The summed E-state index contributed by atoms with van der Waals surface area (Å²) < 4.78 is 0. The van der Waals surface area contributed by atoms with Crippen molar-refractivity contribution < 1.29 is 14.4 Å². The van der Waals surface area contributed by atoms with Gasteiger partial charge in [0.1, 0.15) is 12.1 Å². The number of anilines is 1. The van der Waals surface area contributed by atoms with Crippen molar-refractivity contribution in [2.75, 3.05) is 44.3 Å². The Balaban J connectivity index is 1.22. The van der Waals surface area contributed by atoms with E-state index in [-0.39, 0.29) is 24.3 Å². The van der Waals surface area contributed by atoms with Crippen LogP contribution in [0.4, 0.5) is 5.69 Å². The standard InChI is InChI=1S/C30H32N4O3/c35-27(31-16-6-7-17-31)21-33-22-34(26-10-2-1-3-11-26)30(29(33)37)14-18-32(19-15-30)28(36)25-13-12-23-8-4-5-9-24(23)20-25/h1-5,8-13,20H,6-7,14-19,21-22H2. The smallest absolute Gasteiger partial charge is 0.253 e. The minimum Gasteiger partial charge on any atom is -0.341 e. The predicted octanol–water partition coefficient (Wildman–Crippen LogP) is 3.74. The summed E-state index contributed by atoms with van der Waals surface area (Å²) in [4.78, 5) is 47.8. The summed E-state index contributed by atoms with van der Waals surface area (Å²) in [6, 6.07) is 23.8. The summed E-state index contributed by atoms with van der Waals surface area (Å²) >= 11 is 0. The Hall–Kier alpha value is -3.87. The molecule has 7 nitrogen and oxygen atoms in total. The van der Waals surface area contributed by atoms with Gasteiger partial charge in [0, 0.05) is 37.4 Å². The van der Waals surface area contributed by atoms with Gasteiger partial charge in [0.2, 0.25) is 5.91 Å². The van der Waals surface area contributed by atoms with Crippen LogP contribution in [0.2, 0.25) is 0 Å². The minimum absolute atomic E-state index is 0.00150. The number of amides is 3. The first kappa shape index (κ1) is 23.5. The summed E-state index contributed by atoms with van der Waals surface area (Å²) in [6.45, 7) is 3.05. The first-order valence-electron chi connectivity index (χ1n) is 13.2. The average Bonchev–Trinajstić information content (AvgIpc) is 3.58. The summed E-state index contributed by atoms with van der Waals surface area (Å²) in [5.41, 5.74) is 0.902. The van der Waals surface area contributed by atoms with Crippen molar-refractivity contribution in [2.45, 2.75) is 31.2 Å². The number of nitrogens with zero attached hydrogens (tertiary/aromatic N) is 4. The van der Waals surface area contributed by atoms with Crippen LogP contribution < -0.4 is 4.90 Å². The Kier molecular flexibility index (Phi) is 6.07. The highest BCUT2D eigenvalue weighted by atomic mass is 16.2. The van der Waals surface area contributed by atoms with Gasteiger partial charge < -0.3 is 19.6 Å². The monoisotopic (exact) mass is 496 g/mol. The molecule has 1 spiro atoms. The van der Waals surface area contributed by atoms with Crippen molar-refractivity contribution in [1.82, 2.24) is 14.7 Å². The van der Waals surface area contributed by atoms with E-state index in [0.717, 1.165) is 42.4 Å². The normalized spacial score (nSPS) is 19.3. The second-order valence-electron chi connectivity index (χ2n) is 10.4. The number of hydrogen-bond acceptors (Lipinski definition) is 4. The van der Waals surface area contributed by atoms with Gasteiger partial charge in [-0.3, -0.25) is 14.4 Å². The number of piperidine rings is 1. The van der Waals surface area contributed by atoms with Crippen LogP contribution in [-0.2, 0) is 9.59 Å². The predicted molar refractivity (Wildman–Crippen MR) is 143 cm³/mol. The zero-order chi connectivity index (χ0) is 25.4. The summed E-state index contributed by atoms with van der Waals surface area (Å²) in [5.74, 6) is 0.0277. The Morgan fingerprint density at radius 2 is 1.43 bits per heavy atom. The zero-order valence-corrected chi connectivity index (χ0v) is 21.0. The van der Waals surface area contributed by atoms with Crippen LogP contribution >= 0.6 is 0 Å². The minimum atomic E-state index is -0.743. The molecular formula is C30H32N4O3. The fourth-order valence-corrected chi connectivity index (χ4v) is 6.14. The van der Waals surface area contributed by atoms with Crippen molar-refractivity contribution in [3.05, 3.63) is 78.4 Å². The third kappa shape index (κ3) is 4.22. The van der Waals surface area contributed by atoms with Crippen LogP contribution in [0.1, 0.15) is 36.0 Å². The van der Waals surface area contributed by atoms with Gasteiger partial charge in [-0.2, -0.15) is 0 Å². The molecule has 3 aromatic rings. The maximum Gasteiger partial charge on any atom is 0.253 e. The quantitative estimate of drug-likeness (QED) is 0.552. The first-order chi connectivity index (χ1) is 18.0. The molecule has 0 N–H and O–H groups in total. The van der Waals surface area contributed by atoms with Gasteiger partial charge in [0.15, 0.2) is 0 Å². The number of hydrogen-bond donors (Lipinski definition) is 0. The molecule has 0 saturated carbocycles. The van der Waals surface area contributed by atoms with Crippen LogP contribution in [0.3, 0.4) is 0 Å². The third-order valence-corrected chi connectivity index (χ3v) is 8.24. The Morgan fingerprint density at radius 1 is 0.757 bits per heavy atom. The highest BCUT2D eigenvalue weighted by Gasteiger charge is 2.54. The Labute approximate surface area is 217 Å². The number of para-hydroxylation sites is 1. The molecule has 190 valence electrons. The van der Waals surface area contributed by atoms with Crippen molar-refractivity contribution in [3.63, 3.8) is 0 Å². The fourth-order valence-electron chi connectivity index (χ4n) is 6.14. The topological polar surface area (TPSA) is 64.2 Å². The SMILES string of the molecule is O=C(CN1CN(c2ccccc2)C2(CCN(C(=O)c3ccc4ccccc4c3)CC2)C1=O)N1CCCC1. The van der Waals surface area contributed by atoms with E-state index >= 15 is 0 Å². The van der Waals surface area contributed by atoms with Gasteiger partial charge in [-0.1, -0.05) is 48.5 Å². The first-order valence-corrected chi connectivity index (χ1v) is 13.2. The number of carbonyl (C=O) groups is 3. The number of benzene rings is 3. The van der Waals surface area contributed by atoms with Crippen molar-refractivity contribution in [3.8, 4) is 0 Å². The summed E-state index contributed by atoms with van der Waals surface area (Å²) in [6.07, 6.45) is 3.13. The van der Waals surface area contributed by atoms with E-state index in [1.54, 1.807) is 4.90 Å². The maximum absolute atomic E-state index is 13.9. The van der Waals surface area contributed by atoms with E-state index in [1.807, 2.05) is 82.6 Å². The molecule has 0 unspecified atom stereocenters. The number of rotatable bonds is 4. The van der Waals surface area contributed by atoms with E-state index in [2.05, 4.69) is 4.90 Å². The maximum atomic E-state index is 13.9. The molecule has 6 rings (SSSR count). The van der Waals surface area contributed by atoms with Gasteiger partial charge in [-0.15, -0.1) is 0 Å². The van der Waals surface area contributed by atoms with E-state index in [4.69, 9.17) is 0 Å². The van der Waals surface area contributed by atoms with E-state index < -0.39 is 5.54 Å². The zero-order valence-electron chi connectivity index (χ0n) is 21.0. The Morgan fingerprint density at radius 3 is 2.16 bits per heavy atom. The van der Waals surface area contributed by atoms with Crippen molar-refractivity contribution in [2.24, 2.45) is 0 Å². The number of likely N-dealkylation sites (tertiary alicyclic amines) is 2. The molecule has 3 amide bonds. The molecule has 37 heavy (non-hydrogen) atoms. The Bertz CT molecular complexity index is 1330. The number of fused-ring (bicyclic) bond motifs is 1. The molecule has 0 atom stereocenters. The van der Waals surface area contributed by atoms with Gasteiger partial charge in [0.25, 0.3) is 11.8 Å². The highest BCUT2D eigenvalue weighted by Crippen LogP contribution is 2.39. The van der Waals surface area contributed by atoms with Crippen LogP contribution in [0.5, 0.6) is 0 Å². The molecule has 3 heterocycles. The molecule has 3 aliphatic heterocycles. The van der Waals surface area contributed by atoms with Crippen molar-refractivity contribution >= 4 is 34.2 Å². The molecule has 0 aromatic heterocycles. The van der Waals surface area contributed by atoms with E-state index in [9.17, 15) is 14.4 Å². The van der Waals surface area contributed by atoms with Gasteiger partial charge in [0.05, 0.1) is 6.67 Å². The molecule has 7 heteroatoms. The van der Waals surface area contributed by atoms with Gasteiger partial charge in [-0.25, -0.2) is 0 Å². The second-order valence-corrected chi connectivity index (χ2v) is 10.4. The molecular weight excluding hydrogens is 464 g/mol. The average molecular weight is 497 g/mol. The van der Waals surface area contributed by atoms with Crippen molar-refractivity contribution in [1.29, 1.82) is 0 Å². The van der Waals surface area contributed by atoms with Crippen LogP contribution in [0, 0.1) is 0 Å². The third-order valence-electron chi connectivity index (χ3n) is 8.24. The largest absolute Gasteiger partial charge is 0.341 e. The molecule has 3 saturated heterocycles. The van der Waals surface area contributed by atoms with Crippen LogP contribution in [-0.4, -0.2) is 77.4 Å². The van der Waals surface area contributed by atoms with E-state index in [0.29, 0.717) is 38.2 Å².